The van der Waals surface area contributed by atoms with Gasteiger partial charge >= 0.3 is 0 Å². The third-order valence-corrected chi connectivity index (χ3v) is 7.28. The zero-order valence-corrected chi connectivity index (χ0v) is 22.1. The van der Waals surface area contributed by atoms with Gasteiger partial charge in [0.05, 0.1) is 24.0 Å². The fourth-order valence-corrected chi connectivity index (χ4v) is 7.71. The standard InChI is InChI=1S/C20H34O7S3/c1-18(2,3)12-15(28-27-26-10)13(19(4,5)6)17(30(23,24)25)14(20(7,8)9)16(12)29(11,21)22/h1-11H3,(H,23,24,25). The number of hydrogen-bond acceptors (Lipinski definition) is 7. The van der Waals surface area contributed by atoms with Crippen molar-refractivity contribution >= 4 is 32.0 Å². The molecule has 0 unspecified atom stereocenters. The van der Waals surface area contributed by atoms with Crippen molar-refractivity contribution in [1.82, 2.24) is 0 Å². The summed E-state index contributed by atoms with van der Waals surface area (Å²) in [5.41, 5.74) is -1.60. The molecule has 0 heterocycles. The first-order chi connectivity index (χ1) is 13.1. The van der Waals surface area contributed by atoms with E-state index >= 15 is 0 Å². The van der Waals surface area contributed by atoms with Gasteiger partial charge in [-0.2, -0.15) is 12.8 Å². The van der Waals surface area contributed by atoms with Crippen LogP contribution in [0.15, 0.2) is 14.7 Å². The maximum absolute atomic E-state index is 13.1. The molecule has 30 heavy (non-hydrogen) atoms. The number of sulfone groups is 1. The van der Waals surface area contributed by atoms with Crippen LogP contribution in [0.5, 0.6) is 0 Å². The second kappa shape index (κ2) is 8.37. The Balaban J connectivity index is 4.78. The highest BCUT2D eigenvalue weighted by atomic mass is 32.2. The molecule has 0 aromatic heterocycles. The van der Waals surface area contributed by atoms with Crippen LogP contribution in [0.4, 0.5) is 0 Å². The lowest BCUT2D eigenvalue weighted by atomic mass is 9.75. The van der Waals surface area contributed by atoms with Crippen LogP contribution in [-0.2, 0) is 45.4 Å². The summed E-state index contributed by atoms with van der Waals surface area (Å²) in [6, 6.07) is 0. The summed E-state index contributed by atoms with van der Waals surface area (Å²) in [5, 5.41) is 0. The van der Waals surface area contributed by atoms with Crippen LogP contribution in [0.1, 0.15) is 79.0 Å². The molecule has 0 saturated heterocycles. The lowest BCUT2D eigenvalue weighted by Crippen LogP contribution is -2.31. The van der Waals surface area contributed by atoms with Gasteiger partial charge in [-0.25, -0.2) is 13.3 Å². The Kier molecular flexibility index (Phi) is 7.64. The van der Waals surface area contributed by atoms with E-state index in [1.165, 1.54) is 7.11 Å². The van der Waals surface area contributed by atoms with E-state index in [2.05, 4.69) is 0 Å². The first kappa shape index (κ1) is 27.4. The predicted octanol–water partition coefficient (Wildman–Crippen LogP) is 4.81. The maximum Gasteiger partial charge on any atom is 0.295 e. The normalized spacial score (nSPS) is 14.3. The lowest BCUT2D eigenvalue weighted by molar-refractivity contribution is -0.160. The minimum absolute atomic E-state index is 0.0733. The quantitative estimate of drug-likeness (QED) is 0.276. The van der Waals surface area contributed by atoms with Crippen molar-refractivity contribution in [3.63, 3.8) is 0 Å². The van der Waals surface area contributed by atoms with Gasteiger partial charge in [-0.3, -0.25) is 4.55 Å². The van der Waals surface area contributed by atoms with Gasteiger partial charge in [0, 0.05) is 11.2 Å². The summed E-state index contributed by atoms with van der Waals surface area (Å²) >= 11 is 0.745. The third-order valence-electron chi connectivity index (χ3n) is 4.43. The summed E-state index contributed by atoms with van der Waals surface area (Å²) in [4.78, 5) is 4.54. The Labute approximate surface area is 185 Å². The van der Waals surface area contributed by atoms with Gasteiger partial charge in [0.2, 0.25) is 0 Å². The molecule has 7 nitrogen and oxygen atoms in total. The van der Waals surface area contributed by atoms with Gasteiger partial charge in [0.25, 0.3) is 10.1 Å². The molecule has 0 radical (unpaired) electrons. The monoisotopic (exact) mass is 482 g/mol. The Morgan fingerprint density at radius 1 is 0.733 bits per heavy atom. The van der Waals surface area contributed by atoms with E-state index in [9.17, 15) is 21.4 Å². The molecule has 10 heteroatoms. The lowest BCUT2D eigenvalue weighted by Gasteiger charge is -2.37. The van der Waals surface area contributed by atoms with E-state index in [-0.39, 0.29) is 16.0 Å². The molecule has 0 atom stereocenters. The van der Waals surface area contributed by atoms with Gasteiger partial charge in [-0.05, 0) is 32.9 Å². The fraction of sp³-hybridized carbons (Fsp3) is 0.700. The Bertz CT molecular complexity index is 947. The predicted molar refractivity (Wildman–Crippen MR) is 119 cm³/mol. The molecule has 0 aliphatic rings. The van der Waals surface area contributed by atoms with Gasteiger partial charge < -0.3 is 0 Å². The number of benzene rings is 1. The Morgan fingerprint density at radius 2 is 1.10 bits per heavy atom. The maximum atomic E-state index is 13.1. The minimum atomic E-state index is -4.80. The average Bonchev–Trinajstić information content (AvgIpc) is 2.45. The molecule has 0 aliphatic heterocycles. The molecule has 1 rings (SSSR count). The molecule has 0 aliphatic carbocycles. The molecular formula is C20H34O7S3. The average molecular weight is 483 g/mol. The highest BCUT2D eigenvalue weighted by Gasteiger charge is 2.43. The second-order valence-electron chi connectivity index (χ2n) is 10.4. The zero-order valence-electron chi connectivity index (χ0n) is 19.6. The van der Waals surface area contributed by atoms with Gasteiger partial charge in [-0.1, -0.05) is 62.3 Å². The van der Waals surface area contributed by atoms with E-state index in [0.717, 1.165) is 18.3 Å². The van der Waals surface area contributed by atoms with Gasteiger partial charge in [-0.15, -0.1) is 0 Å². The largest absolute Gasteiger partial charge is 0.295 e. The summed E-state index contributed by atoms with van der Waals surface area (Å²) in [6.45, 7) is 16.1. The van der Waals surface area contributed by atoms with Crippen molar-refractivity contribution < 1.29 is 30.6 Å². The molecule has 1 aromatic rings. The van der Waals surface area contributed by atoms with Crippen LogP contribution >= 0.6 is 12.0 Å². The Morgan fingerprint density at radius 3 is 1.37 bits per heavy atom. The highest BCUT2D eigenvalue weighted by Crippen LogP contribution is 2.51. The molecule has 0 saturated carbocycles. The Hall–Kier alpha value is -0.650. The van der Waals surface area contributed by atoms with Crippen LogP contribution in [0.25, 0.3) is 0 Å². The fourth-order valence-electron chi connectivity index (χ4n) is 3.51. The topological polar surface area (TPSA) is 107 Å². The molecule has 0 amide bonds. The second-order valence-corrected chi connectivity index (χ2v) is 14.4. The zero-order chi connectivity index (χ0) is 24.1. The van der Waals surface area contributed by atoms with Crippen LogP contribution in [-0.4, -0.2) is 34.8 Å². The summed E-state index contributed by atoms with van der Waals surface area (Å²) in [6.07, 6.45) is 1.04. The summed E-state index contributed by atoms with van der Waals surface area (Å²) in [5.74, 6) is 0. The van der Waals surface area contributed by atoms with Crippen molar-refractivity contribution in [3.8, 4) is 0 Å². The SMILES string of the molecule is COOSc1c(C(C)(C)C)c(S(C)(=O)=O)c(C(C)(C)C)c(S(=O)(=O)O)c1C(C)(C)C. The molecule has 0 fully saturated rings. The van der Waals surface area contributed by atoms with Crippen molar-refractivity contribution in [2.24, 2.45) is 0 Å². The first-order valence-corrected chi connectivity index (χ1v) is 13.4. The minimum Gasteiger partial charge on any atom is -0.282 e. The van der Waals surface area contributed by atoms with E-state index in [1.807, 2.05) is 20.8 Å². The van der Waals surface area contributed by atoms with Crippen molar-refractivity contribution in [3.05, 3.63) is 16.7 Å². The smallest absolute Gasteiger partial charge is 0.282 e. The first-order valence-electron chi connectivity index (χ1n) is 9.36. The molecule has 1 N–H and O–H groups in total. The molecule has 0 bridgehead atoms. The van der Waals surface area contributed by atoms with Crippen molar-refractivity contribution in [2.45, 2.75) is 93.2 Å². The summed E-state index contributed by atoms with van der Waals surface area (Å²) in [7, 11) is -7.41. The van der Waals surface area contributed by atoms with E-state index < -0.39 is 41.1 Å². The molecule has 1 aromatic carbocycles. The van der Waals surface area contributed by atoms with Crippen LogP contribution in [0, 0.1) is 0 Å². The molecule has 174 valence electrons. The highest BCUT2D eigenvalue weighted by molar-refractivity contribution is 7.95. The summed E-state index contributed by atoms with van der Waals surface area (Å²) < 4.78 is 67.0. The molecular weight excluding hydrogens is 448 g/mol. The third kappa shape index (κ3) is 5.77. The van der Waals surface area contributed by atoms with Gasteiger partial charge in [0.1, 0.15) is 4.90 Å². The van der Waals surface area contributed by atoms with E-state index in [4.69, 9.17) is 9.22 Å². The molecule has 0 spiro atoms. The van der Waals surface area contributed by atoms with E-state index in [1.54, 1.807) is 41.5 Å². The van der Waals surface area contributed by atoms with Crippen molar-refractivity contribution in [1.29, 1.82) is 0 Å². The van der Waals surface area contributed by atoms with Crippen LogP contribution < -0.4 is 0 Å². The van der Waals surface area contributed by atoms with Crippen molar-refractivity contribution in [2.75, 3.05) is 13.4 Å². The van der Waals surface area contributed by atoms with Crippen LogP contribution in [0.3, 0.4) is 0 Å². The van der Waals surface area contributed by atoms with Gasteiger partial charge in [0.15, 0.2) is 9.84 Å². The van der Waals surface area contributed by atoms with E-state index in [0.29, 0.717) is 10.5 Å². The number of rotatable bonds is 5. The van der Waals surface area contributed by atoms with Crippen LogP contribution in [0.2, 0.25) is 0 Å². The number of hydrogen-bond donors (Lipinski definition) is 1.